The summed E-state index contributed by atoms with van der Waals surface area (Å²) in [5, 5.41) is 15.2. The lowest BCUT2D eigenvalue weighted by Gasteiger charge is -2.49. The maximum Gasteiger partial charge on any atom is 0.519 e. The van der Waals surface area contributed by atoms with Crippen LogP contribution in [0.2, 0.25) is 0 Å². The first-order valence-electron chi connectivity index (χ1n) is 14.3. The summed E-state index contributed by atoms with van der Waals surface area (Å²) >= 11 is 2.25. The number of carbonyl (C=O) groups excluding carboxylic acids is 3. The van der Waals surface area contributed by atoms with E-state index in [2.05, 4.69) is 19.9 Å². The number of aryl methyl sites for hydroxylation is 2. The number of hydrogen-bond donors (Lipinski definition) is 2. The van der Waals surface area contributed by atoms with Gasteiger partial charge in [-0.25, -0.2) is 14.6 Å². The highest BCUT2D eigenvalue weighted by atomic mass is 32.2. The van der Waals surface area contributed by atoms with Gasteiger partial charge in [-0.05, 0) is 55.0 Å². The molecule has 0 spiro atoms. The molecule has 4 aliphatic rings. The van der Waals surface area contributed by atoms with Crippen molar-refractivity contribution in [1.82, 2.24) is 29.4 Å². The van der Waals surface area contributed by atoms with Gasteiger partial charge in [0.2, 0.25) is 11.9 Å². The van der Waals surface area contributed by atoms with Crippen molar-refractivity contribution in [3.8, 4) is 0 Å². The number of fused-ring (bicyclic) bond motifs is 1. The summed E-state index contributed by atoms with van der Waals surface area (Å²) in [4.78, 5) is 83.1. The molecule has 4 unspecified atom stereocenters. The first kappa shape index (κ1) is 31.8. The van der Waals surface area contributed by atoms with E-state index in [4.69, 9.17) is 13.6 Å². The lowest BCUT2D eigenvalue weighted by atomic mass is 10.0. The van der Waals surface area contributed by atoms with Crippen molar-refractivity contribution in [2.24, 2.45) is 5.18 Å². The Hall–Kier alpha value is -4.20. The van der Waals surface area contributed by atoms with Crippen LogP contribution in [0.4, 0.5) is 0 Å². The molecule has 3 fully saturated rings. The number of carboxylic acids is 1. The number of ether oxygens (including phenoxy) is 1. The quantitative estimate of drug-likeness (QED) is 0.190. The number of β-lactam (4-membered cyclic amide) rings is 1. The highest BCUT2D eigenvalue weighted by Gasteiger charge is 2.54. The second-order valence-corrected chi connectivity index (χ2v) is 13.2. The summed E-state index contributed by atoms with van der Waals surface area (Å²) in [6.07, 6.45) is 2.72. The molecule has 0 saturated carbocycles. The molecule has 6 rings (SSSR count). The third-order valence-corrected chi connectivity index (χ3v) is 10.1. The summed E-state index contributed by atoms with van der Waals surface area (Å²) < 4.78 is 19.4. The third-order valence-electron chi connectivity index (χ3n) is 8.18. The number of aliphatic carboxylic acids is 1. The monoisotopic (exact) mass is 675 g/mol. The van der Waals surface area contributed by atoms with E-state index < -0.39 is 41.1 Å². The minimum absolute atomic E-state index is 0.0527. The normalized spacial score (nSPS) is 24.8. The Morgan fingerprint density at radius 2 is 2.04 bits per heavy atom. The fourth-order valence-electron chi connectivity index (χ4n) is 5.91. The minimum atomic E-state index is -1.54. The molecule has 19 heteroatoms. The van der Waals surface area contributed by atoms with Crippen molar-refractivity contribution >= 4 is 47.0 Å². The van der Waals surface area contributed by atoms with Crippen LogP contribution in [0.25, 0.3) is 0 Å². The highest BCUT2D eigenvalue weighted by molar-refractivity contribution is 8.00. The first-order chi connectivity index (χ1) is 22.0. The molecule has 2 N–H and O–H groups in total. The van der Waals surface area contributed by atoms with E-state index in [1.54, 1.807) is 24.8 Å². The number of likely N-dealkylation sites (tertiary alicyclic amines) is 2. The summed E-state index contributed by atoms with van der Waals surface area (Å²) in [5.74, 6) is -2.99. The van der Waals surface area contributed by atoms with Crippen LogP contribution in [-0.4, -0.2) is 102 Å². The Morgan fingerprint density at radius 3 is 2.72 bits per heavy atom. The Kier molecular flexibility index (Phi) is 8.90. The topological polar surface area (TPSA) is 218 Å². The maximum absolute atomic E-state index is 13.4. The number of allylic oxidation sites excluding steroid dienone is 1. The van der Waals surface area contributed by atoms with Gasteiger partial charge in [0.05, 0.1) is 6.73 Å². The van der Waals surface area contributed by atoms with E-state index >= 15 is 0 Å². The molecule has 2 aromatic heterocycles. The van der Waals surface area contributed by atoms with Crippen LogP contribution in [-0.2, 0) is 30.5 Å². The molecule has 4 aliphatic heterocycles. The van der Waals surface area contributed by atoms with Crippen molar-refractivity contribution in [2.45, 2.75) is 56.8 Å². The van der Waals surface area contributed by atoms with Gasteiger partial charge in [-0.2, -0.15) is 4.37 Å². The molecule has 0 bridgehead atoms. The number of nitrogens with zero attached hydrogens (tertiary/aromatic N) is 6. The van der Waals surface area contributed by atoms with E-state index in [1.165, 1.54) is 11.8 Å². The average molecular weight is 676 g/mol. The standard InChI is InChI=1S/C27H29N7O10S2/c1-12-17(44-27(40)43-12)9-42-11-32-5-4-16(8-32)33-6-3-14(23(33)36)7-15-10-45-25-19(24(37)34(25)20(15)26(38)39)29-22(35)18(30-41)21-28-13(2)46-31-21/h7,16,18-19,25H,3-6,8-11H2,1-2H3,(H,29,35)(H,38,39). The Balaban J connectivity index is 1.08. The van der Waals surface area contributed by atoms with Crippen LogP contribution in [0.5, 0.6) is 0 Å². The molecule has 0 aromatic carbocycles. The number of carboxylic acid groups (broad SMARTS) is 1. The van der Waals surface area contributed by atoms with Gasteiger partial charge in [0.1, 0.15) is 34.5 Å². The van der Waals surface area contributed by atoms with E-state index in [1.807, 2.05) is 4.90 Å². The zero-order valence-electron chi connectivity index (χ0n) is 24.7. The van der Waals surface area contributed by atoms with Gasteiger partial charge in [0, 0.05) is 37.0 Å². The highest BCUT2D eigenvalue weighted by Crippen LogP contribution is 2.41. The van der Waals surface area contributed by atoms with E-state index in [-0.39, 0.29) is 42.6 Å². The number of rotatable bonds is 11. The summed E-state index contributed by atoms with van der Waals surface area (Å²) in [6, 6.07) is -2.66. The van der Waals surface area contributed by atoms with Gasteiger partial charge in [-0.3, -0.25) is 24.2 Å². The smallest absolute Gasteiger partial charge is 0.477 e. The molecule has 244 valence electrons. The zero-order chi connectivity index (χ0) is 32.7. The number of thioether (sulfide) groups is 1. The molecule has 46 heavy (non-hydrogen) atoms. The lowest BCUT2D eigenvalue weighted by Crippen LogP contribution is -2.70. The molecule has 3 amide bonds. The number of amides is 3. The van der Waals surface area contributed by atoms with Gasteiger partial charge >= 0.3 is 11.8 Å². The van der Waals surface area contributed by atoms with Crippen LogP contribution in [0.15, 0.2) is 41.7 Å². The number of nitrogens with one attached hydrogen (secondary N) is 1. The second kappa shape index (κ2) is 12.9. The molecule has 0 aliphatic carbocycles. The molecule has 3 saturated heterocycles. The summed E-state index contributed by atoms with van der Waals surface area (Å²) in [5.41, 5.74) is 0.541. The van der Waals surface area contributed by atoms with Crippen LogP contribution in [0, 0.1) is 18.8 Å². The number of aromatic nitrogens is 2. The number of carbonyl (C=O) groups is 4. The maximum atomic E-state index is 13.4. The van der Waals surface area contributed by atoms with Gasteiger partial charge in [0.15, 0.2) is 11.6 Å². The lowest BCUT2D eigenvalue weighted by molar-refractivity contribution is -0.150. The van der Waals surface area contributed by atoms with Crippen molar-refractivity contribution in [3.63, 3.8) is 0 Å². The fraction of sp³-hybridized carbons (Fsp3) is 0.519. The van der Waals surface area contributed by atoms with E-state index in [0.717, 1.165) is 22.9 Å². The number of nitroso groups, excluding NO2 is 1. The molecular weight excluding hydrogens is 646 g/mol. The van der Waals surface area contributed by atoms with Crippen LogP contribution in [0.1, 0.15) is 41.2 Å². The van der Waals surface area contributed by atoms with E-state index in [9.17, 15) is 34.0 Å². The second-order valence-electron chi connectivity index (χ2n) is 11.1. The van der Waals surface area contributed by atoms with Crippen molar-refractivity contribution in [2.75, 3.05) is 32.1 Å². The van der Waals surface area contributed by atoms with Gasteiger partial charge in [-0.15, -0.1) is 16.7 Å². The van der Waals surface area contributed by atoms with Crippen molar-refractivity contribution in [3.05, 3.63) is 60.8 Å². The van der Waals surface area contributed by atoms with Gasteiger partial charge < -0.3 is 28.9 Å². The zero-order valence-corrected chi connectivity index (χ0v) is 26.3. The molecule has 17 nitrogen and oxygen atoms in total. The molecule has 2 aromatic rings. The fourth-order valence-corrected chi connectivity index (χ4v) is 7.71. The van der Waals surface area contributed by atoms with Crippen molar-refractivity contribution in [1.29, 1.82) is 0 Å². The Bertz CT molecular complexity index is 1710. The molecule has 0 radical (unpaired) electrons. The van der Waals surface area contributed by atoms with Crippen LogP contribution < -0.4 is 11.1 Å². The van der Waals surface area contributed by atoms with Crippen molar-refractivity contribution < 1.29 is 37.9 Å². The first-order valence-corrected chi connectivity index (χ1v) is 16.1. The Morgan fingerprint density at radius 1 is 1.24 bits per heavy atom. The molecule has 6 heterocycles. The number of hydrogen-bond acceptors (Lipinski definition) is 15. The largest absolute Gasteiger partial charge is 0.519 e. The van der Waals surface area contributed by atoms with Crippen LogP contribution >= 0.6 is 23.3 Å². The SMILES string of the molecule is Cc1nc(C(N=O)C(=O)NC2C(=O)N3C(C(=O)O)=C(C=C4CCN(C5CCN(COCc6oc(=O)oc6C)C5)C4=O)CSC23)ns1. The minimum Gasteiger partial charge on any atom is -0.477 e. The average Bonchev–Trinajstić information content (AvgIpc) is 3.81. The predicted octanol–water partition coefficient (Wildman–Crippen LogP) is 0.655. The molecule has 4 atom stereocenters. The molecular formula is C27H29N7O10S2. The third kappa shape index (κ3) is 6.02. The van der Waals surface area contributed by atoms with E-state index in [0.29, 0.717) is 53.7 Å². The summed E-state index contributed by atoms with van der Waals surface area (Å²) in [7, 11) is 0. The summed E-state index contributed by atoms with van der Waals surface area (Å²) in [6.45, 7) is 5.40. The Labute approximate surface area is 268 Å². The van der Waals surface area contributed by atoms with Crippen LogP contribution in [0.3, 0.4) is 0 Å². The van der Waals surface area contributed by atoms with Gasteiger partial charge in [-0.1, -0.05) is 0 Å². The predicted molar refractivity (Wildman–Crippen MR) is 159 cm³/mol. The van der Waals surface area contributed by atoms with Gasteiger partial charge in [0.25, 0.3) is 11.8 Å².